The number of halogens is 2. The molecule has 1 N–H and O–H groups in total. The Morgan fingerprint density at radius 1 is 1.00 bits per heavy atom. The lowest BCUT2D eigenvalue weighted by atomic mass is 10.1. The van der Waals surface area contributed by atoms with Crippen molar-refractivity contribution < 1.29 is 9.59 Å². The van der Waals surface area contributed by atoms with Crippen molar-refractivity contribution >= 4 is 40.7 Å². The van der Waals surface area contributed by atoms with Gasteiger partial charge in [0.25, 0.3) is 11.8 Å². The van der Waals surface area contributed by atoms with Gasteiger partial charge in [0.05, 0.1) is 11.1 Å². The number of amides is 2. The largest absolute Gasteiger partial charge is 0.381 e. The molecule has 1 fully saturated rings. The second-order valence-electron chi connectivity index (χ2n) is 6.03. The fraction of sp³-hybridized carbons (Fsp3) is 0.222. The van der Waals surface area contributed by atoms with Gasteiger partial charge in [0.1, 0.15) is 0 Å². The maximum absolute atomic E-state index is 12.5. The summed E-state index contributed by atoms with van der Waals surface area (Å²) in [6.45, 7) is 0.436. The number of nitrogens with one attached hydrogen (secondary N) is 1. The Kier molecular flexibility index (Phi) is 3.74. The first-order valence-electron chi connectivity index (χ1n) is 7.75. The van der Waals surface area contributed by atoms with Crippen LogP contribution in [-0.4, -0.2) is 22.8 Å². The standard InChI is InChI=1S/C18H14Cl2N2O2/c19-15-2-1-3-16(20)14(15)9-21-10-4-7-12-13(8-10)18(24)22(17(12)23)11-5-6-11/h1-4,7-8,11,21H,5-6,9H2. The molecule has 122 valence electrons. The van der Waals surface area contributed by atoms with Crippen LogP contribution in [0, 0.1) is 0 Å². The van der Waals surface area contributed by atoms with E-state index in [0.29, 0.717) is 27.7 Å². The monoisotopic (exact) mass is 360 g/mol. The fourth-order valence-electron chi connectivity index (χ4n) is 2.93. The number of imide groups is 1. The summed E-state index contributed by atoms with van der Waals surface area (Å²) in [5.74, 6) is -0.380. The zero-order chi connectivity index (χ0) is 16.8. The van der Waals surface area contributed by atoms with Gasteiger partial charge in [0.15, 0.2) is 0 Å². The van der Waals surface area contributed by atoms with Gasteiger partial charge in [-0.2, -0.15) is 0 Å². The van der Waals surface area contributed by atoms with Crippen LogP contribution in [0.15, 0.2) is 36.4 Å². The van der Waals surface area contributed by atoms with E-state index in [-0.39, 0.29) is 17.9 Å². The Morgan fingerprint density at radius 3 is 2.33 bits per heavy atom. The van der Waals surface area contributed by atoms with Crippen molar-refractivity contribution in [2.75, 3.05) is 5.32 Å². The molecule has 2 aromatic carbocycles. The fourth-order valence-corrected chi connectivity index (χ4v) is 3.46. The molecule has 4 rings (SSSR count). The summed E-state index contributed by atoms with van der Waals surface area (Å²) in [6.07, 6.45) is 1.81. The van der Waals surface area contributed by atoms with Crippen LogP contribution in [0.2, 0.25) is 10.0 Å². The lowest BCUT2D eigenvalue weighted by Crippen LogP contribution is -2.31. The normalized spacial score (nSPS) is 16.5. The highest BCUT2D eigenvalue weighted by Gasteiger charge is 2.44. The van der Waals surface area contributed by atoms with E-state index in [4.69, 9.17) is 23.2 Å². The third-order valence-corrected chi connectivity index (χ3v) is 5.07. The molecule has 0 unspecified atom stereocenters. The molecule has 0 radical (unpaired) electrons. The summed E-state index contributed by atoms with van der Waals surface area (Å²) in [6, 6.07) is 10.7. The van der Waals surface area contributed by atoms with E-state index in [2.05, 4.69) is 5.32 Å². The van der Waals surface area contributed by atoms with E-state index in [9.17, 15) is 9.59 Å². The minimum absolute atomic E-state index is 0.0794. The lowest BCUT2D eigenvalue weighted by molar-refractivity contribution is 0.0642. The first kappa shape index (κ1) is 15.5. The maximum Gasteiger partial charge on any atom is 0.261 e. The minimum atomic E-state index is -0.197. The molecule has 2 aromatic rings. The molecular weight excluding hydrogens is 347 g/mol. The van der Waals surface area contributed by atoms with E-state index < -0.39 is 0 Å². The van der Waals surface area contributed by atoms with Crippen molar-refractivity contribution in [1.29, 1.82) is 0 Å². The van der Waals surface area contributed by atoms with Gasteiger partial charge in [0, 0.05) is 33.9 Å². The average molecular weight is 361 g/mol. The third kappa shape index (κ3) is 2.56. The van der Waals surface area contributed by atoms with E-state index in [1.54, 1.807) is 36.4 Å². The summed E-state index contributed by atoms with van der Waals surface area (Å²) in [5, 5.41) is 4.39. The molecule has 0 aromatic heterocycles. The molecular formula is C18H14Cl2N2O2. The molecule has 1 aliphatic heterocycles. The molecule has 1 aliphatic carbocycles. The zero-order valence-corrected chi connectivity index (χ0v) is 14.2. The Bertz CT molecular complexity index is 842. The predicted molar refractivity (Wildman–Crippen MR) is 93.8 cm³/mol. The topological polar surface area (TPSA) is 49.4 Å². The summed E-state index contributed by atoms with van der Waals surface area (Å²) in [5.41, 5.74) is 2.49. The summed E-state index contributed by atoms with van der Waals surface area (Å²) >= 11 is 12.3. The van der Waals surface area contributed by atoms with Crippen LogP contribution < -0.4 is 5.32 Å². The summed E-state index contributed by atoms with van der Waals surface area (Å²) in [4.78, 5) is 26.2. The minimum Gasteiger partial charge on any atom is -0.381 e. The van der Waals surface area contributed by atoms with Crippen LogP contribution in [0.1, 0.15) is 39.1 Å². The lowest BCUT2D eigenvalue weighted by Gasteiger charge is -2.11. The smallest absolute Gasteiger partial charge is 0.261 e. The molecule has 0 saturated heterocycles. The first-order chi connectivity index (χ1) is 11.6. The van der Waals surface area contributed by atoms with Gasteiger partial charge in [-0.1, -0.05) is 29.3 Å². The van der Waals surface area contributed by atoms with Crippen molar-refractivity contribution in [3.8, 4) is 0 Å². The quantitative estimate of drug-likeness (QED) is 0.823. The van der Waals surface area contributed by atoms with Gasteiger partial charge in [-0.05, 0) is 43.2 Å². The molecule has 0 bridgehead atoms. The second kappa shape index (κ2) is 5.80. The molecule has 24 heavy (non-hydrogen) atoms. The maximum atomic E-state index is 12.5. The second-order valence-corrected chi connectivity index (χ2v) is 6.84. The molecule has 1 heterocycles. The van der Waals surface area contributed by atoms with Gasteiger partial charge in [-0.25, -0.2) is 0 Å². The number of benzene rings is 2. The number of carbonyl (C=O) groups is 2. The zero-order valence-electron chi connectivity index (χ0n) is 12.7. The molecule has 0 atom stereocenters. The van der Waals surface area contributed by atoms with Crippen LogP contribution in [0.25, 0.3) is 0 Å². The van der Waals surface area contributed by atoms with Crippen LogP contribution in [0.3, 0.4) is 0 Å². The van der Waals surface area contributed by atoms with Crippen LogP contribution in [0.5, 0.6) is 0 Å². The molecule has 2 amide bonds. The van der Waals surface area contributed by atoms with Gasteiger partial charge >= 0.3 is 0 Å². The third-order valence-electron chi connectivity index (χ3n) is 4.36. The number of hydrogen-bond donors (Lipinski definition) is 1. The number of hydrogen-bond acceptors (Lipinski definition) is 3. The van der Waals surface area contributed by atoms with E-state index in [1.807, 2.05) is 0 Å². The van der Waals surface area contributed by atoms with E-state index in [0.717, 1.165) is 24.1 Å². The SMILES string of the molecule is O=C1c2ccc(NCc3c(Cl)cccc3Cl)cc2C(=O)N1C1CC1. The Balaban J connectivity index is 1.57. The number of rotatable bonds is 4. The molecule has 0 spiro atoms. The first-order valence-corrected chi connectivity index (χ1v) is 8.50. The van der Waals surface area contributed by atoms with Gasteiger partial charge in [-0.3, -0.25) is 14.5 Å². The van der Waals surface area contributed by atoms with E-state index in [1.165, 1.54) is 4.90 Å². The highest BCUT2D eigenvalue weighted by Crippen LogP contribution is 2.35. The molecule has 4 nitrogen and oxygen atoms in total. The predicted octanol–water partition coefficient (Wildman–Crippen LogP) is 4.36. The van der Waals surface area contributed by atoms with Crippen molar-refractivity contribution in [3.63, 3.8) is 0 Å². The van der Waals surface area contributed by atoms with Crippen molar-refractivity contribution in [3.05, 3.63) is 63.1 Å². The van der Waals surface area contributed by atoms with Gasteiger partial charge in [0.2, 0.25) is 0 Å². The highest BCUT2D eigenvalue weighted by molar-refractivity contribution is 6.36. The summed E-state index contributed by atoms with van der Waals surface area (Å²) < 4.78 is 0. The van der Waals surface area contributed by atoms with E-state index >= 15 is 0 Å². The van der Waals surface area contributed by atoms with Crippen molar-refractivity contribution in [2.45, 2.75) is 25.4 Å². The Hall–Kier alpha value is -2.04. The van der Waals surface area contributed by atoms with Gasteiger partial charge in [-0.15, -0.1) is 0 Å². The van der Waals surface area contributed by atoms with Crippen molar-refractivity contribution in [2.24, 2.45) is 0 Å². The number of fused-ring (bicyclic) bond motifs is 1. The summed E-state index contributed by atoms with van der Waals surface area (Å²) in [7, 11) is 0. The highest BCUT2D eigenvalue weighted by atomic mass is 35.5. The molecule has 1 saturated carbocycles. The average Bonchev–Trinajstić information content (AvgIpc) is 3.35. The number of carbonyl (C=O) groups excluding carboxylic acids is 2. The van der Waals surface area contributed by atoms with Crippen LogP contribution >= 0.6 is 23.2 Å². The van der Waals surface area contributed by atoms with Gasteiger partial charge < -0.3 is 5.32 Å². The molecule has 6 heteroatoms. The van der Waals surface area contributed by atoms with Crippen LogP contribution in [-0.2, 0) is 6.54 Å². The Morgan fingerprint density at radius 2 is 1.67 bits per heavy atom. The van der Waals surface area contributed by atoms with Crippen LogP contribution in [0.4, 0.5) is 5.69 Å². The van der Waals surface area contributed by atoms with Crippen molar-refractivity contribution in [1.82, 2.24) is 4.90 Å². The Labute approximate surface area is 149 Å². The molecule has 2 aliphatic rings. The number of nitrogens with zero attached hydrogens (tertiary/aromatic N) is 1. The number of anilines is 1.